The first kappa shape index (κ1) is 16.9. The fraction of sp³-hybridized carbons (Fsp3) is 0.333. The molecule has 0 bridgehead atoms. The lowest BCUT2D eigenvalue weighted by molar-refractivity contribution is 0.0949. The number of amides is 1. The van der Waals surface area contributed by atoms with Crippen molar-refractivity contribution in [3.63, 3.8) is 0 Å². The molecule has 1 aromatic carbocycles. The highest BCUT2D eigenvalue weighted by Crippen LogP contribution is 2.09. The summed E-state index contributed by atoms with van der Waals surface area (Å²) in [5.41, 5.74) is 2.25. The Morgan fingerprint density at radius 3 is 2.65 bits per heavy atom. The second kappa shape index (κ2) is 8.27. The number of anilines is 1. The molecule has 0 radical (unpaired) electrons. The van der Waals surface area contributed by atoms with Gasteiger partial charge in [-0.05, 0) is 42.2 Å². The lowest BCUT2D eigenvalue weighted by Gasteiger charge is -2.10. The van der Waals surface area contributed by atoms with Gasteiger partial charge < -0.3 is 10.6 Å². The number of nitrogens with one attached hydrogen (secondary N) is 2. The normalized spacial score (nSPS) is 10.6. The number of carbonyl (C=O) groups excluding carboxylic acids is 1. The molecule has 0 unspecified atom stereocenters. The third-order valence-corrected chi connectivity index (χ3v) is 3.32. The van der Waals surface area contributed by atoms with E-state index in [1.165, 1.54) is 12.1 Å². The molecule has 0 spiro atoms. The van der Waals surface area contributed by atoms with Crippen molar-refractivity contribution in [3.8, 4) is 0 Å². The minimum atomic E-state index is -0.257. The van der Waals surface area contributed by atoms with Crippen LogP contribution in [0, 0.1) is 11.7 Å². The number of rotatable bonds is 7. The van der Waals surface area contributed by atoms with E-state index < -0.39 is 0 Å². The molecule has 1 heterocycles. The zero-order valence-electron chi connectivity index (χ0n) is 13.5. The van der Waals surface area contributed by atoms with Crippen molar-refractivity contribution in [1.82, 2.24) is 10.3 Å². The highest BCUT2D eigenvalue weighted by Gasteiger charge is 2.07. The summed E-state index contributed by atoms with van der Waals surface area (Å²) in [6.07, 6.45) is 2.27. The largest absolute Gasteiger partial charge is 0.385 e. The quantitative estimate of drug-likeness (QED) is 0.824. The van der Waals surface area contributed by atoms with Crippen molar-refractivity contribution in [2.75, 3.05) is 18.4 Å². The van der Waals surface area contributed by atoms with Gasteiger partial charge in [-0.2, -0.15) is 0 Å². The lowest BCUT2D eigenvalue weighted by Crippen LogP contribution is -2.26. The summed E-state index contributed by atoms with van der Waals surface area (Å²) in [6, 6.07) is 9.87. The van der Waals surface area contributed by atoms with Crippen LogP contribution >= 0.6 is 0 Å². The van der Waals surface area contributed by atoms with Crippen LogP contribution in [0.25, 0.3) is 0 Å². The molecule has 0 atom stereocenters. The maximum atomic E-state index is 12.8. The second-order valence-corrected chi connectivity index (χ2v) is 5.84. The minimum absolute atomic E-state index is 0.208. The Labute approximate surface area is 136 Å². The van der Waals surface area contributed by atoms with E-state index in [4.69, 9.17) is 0 Å². The van der Waals surface area contributed by atoms with Gasteiger partial charge >= 0.3 is 0 Å². The molecule has 2 aromatic rings. The fourth-order valence-electron chi connectivity index (χ4n) is 2.05. The average molecular weight is 315 g/mol. The van der Waals surface area contributed by atoms with Gasteiger partial charge in [0.1, 0.15) is 11.5 Å². The fourth-order valence-corrected chi connectivity index (χ4v) is 2.05. The highest BCUT2D eigenvalue weighted by atomic mass is 19.1. The molecule has 1 aromatic heterocycles. The summed E-state index contributed by atoms with van der Waals surface area (Å²) >= 11 is 0. The maximum absolute atomic E-state index is 12.8. The van der Waals surface area contributed by atoms with Gasteiger partial charge in [0.05, 0.1) is 0 Å². The molecule has 2 N–H and O–H groups in total. The predicted molar refractivity (Wildman–Crippen MR) is 90.0 cm³/mol. The smallest absolute Gasteiger partial charge is 0.269 e. The topological polar surface area (TPSA) is 54.0 Å². The maximum Gasteiger partial charge on any atom is 0.269 e. The molecular weight excluding hydrogens is 293 g/mol. The van der Waals surface area contributed by atoms with Gasteiger partial charge in [-0.25, -0.2) is 4.39 Å². The Kier molecular flexibility index (Phi) is 6.09. The summed E-state index contributed by atoms with van der Waals surface area (Å²) in [4.78, 5) is 16.2. The van der Waals surface area contributed by atoms with E-state index in [0.29, 0.717) is 24.6 Å². The van der Waals surface area contributed by atoms with Crippen molar-refractivity contribution < 1.29 is 9.18 Å². The average Bonchev–Trinajstić information content (AvgIpc) is 2.55. The number of hydrogen-bond donors (Lipinski definition) is 2. The second-order valence-electron chi connectivity index (χ2n) is 5.84. The van der Waals surface area contributed by atoms with E-state index in [2.05, 4.69) is 29.5 Å². The molecule has 23 heavy (non-hydrogen) atoms. The number of benzene rings is 1. The Morgan fingerprint density at radius 2 is 1.96 bits per heavy atom. The Balaban J connectivity index is 1.85. The zero-order chi connectivity index (χ0) is 16.7. The number of pyridine rings is 1. The van der Waals surface area contributed by atoms with Crippen LogP contribution in [-0.2, 0) is 6.42 Å². The molecule has 0 saturated heterocycles. The van der Waals surface area contributed by atoms with Crippen LogP contribution in [0.1, 0.15) is 29.9 Å². The van der Waals surface area contributed by atoms with Gasteiger partial charge in [-0.1, -0.05) is 26.0 Å². The molecule has 0 fully saturated rings. The van der Waals surface area contributed by atoms with Crippen LogP contribution in [0.15, 0.2) is 42.6 Å². The van der Waals surface area contributed by atoms with Gasteiger partial charge in [-0.15, -0.1) is 0 Å². The third kappa shape index (κ3) is 5.70. The van der Waals surface area contributed by atoms with Crippen LogP contribution in [0.3, 0.4) is 0 Å². The van der Waals surface area contributed by atoms with Gasteiger partial charge in [0, 0.05) is 25.0 Å². The molecule has 5 heteroatoms. The Bertz CT molecular complexity index is 641. The summed E-state index contributed by atoms with van der Waals surface area (Å²) in [6.45, 7) is 5.57. The first-order valence-corrected chi connectivity index (χ1v) is 7.77. The molecule has 2 rings (SSSR count). The standard InChI is InChI=1S/C18H22FN3O/c1-13(2)12-22-16-8-10-20-17(11-16)18(23)21-9-7-14-3-5-15(19)6-4-14/h3-6,8,10-11,13H,7,9,12H2,1-2H3,(H,20,22)(H,21,23). The van der Waals surface area contributed by atoms with E-state index in [0.717, 1.165) is 17.8 Å². The molecular formula is C18H22FN3O. The van der Waals surface area contributed by atoms with Crippen molar-refractivity contribution >= 4 is 11.6 Å². The van der Waals surface area contributed by atoms with E-state index in [9.17, 15) is 9.18 Å². The summed E-state index contributed by atoms with van der Waals surface area (Å²) in [5.74, 6) is 0.0594. The van der Waals surface area contributed by atoms with Crippen LogP contribution in [-0.4, -0.2) is 24.0 Å². The summed E-state index contributed by atoms with van der Waals surface area (Å²) in [5, 5.41) is 6.10. The van der Waals surface area contributed by atoms with E-state index in [1.54, 1.807) is 24.4 Å². The lowest BCUT2D eigenvalue weighted by atomic mass is 10.1. The minimum Gasteiger partial charge on any atom is -0.385 e. The Morgan fingerprint density at radius 1 is 1.22 bits per heavy atom. The van der Waals surface area contributed by atoms with Gasteiger partial charge in [0.15, 0.2) is 0 Å². The van der Waals surface area contributed by atoms with Gasteiger partial charge in [0.25, 0.3) is 5.91 Å². The van der Waals surface area contributed by atoms with Crippen LogP contribution < -0.4 is 10.6 Å². The van der Waals surface area contributed by atoms with Gasteiger partial charge in [0.2, 0.25) is 0 Å². The molecule has 0 aliphatic carbocycles. The van der Waals surface area contributed by atoms with Gasteiger partial charge in [-0.3, -0.25) is 9.78 Å². The predicted octanol–water partition coefficient (Wildman–Crippen LogP) is 3.26. The SMILES string of the molecule is CC(C)CNc1ccnc(C(=O)NCCc2ccc(F)cc2)c1. The number of carbonyl (C=O) groups is 1. The molecule has 1 amide bonds. The zero-order valence-corrected chi connectivity index (χ0v) is 13.5. The third-order valence-electron chi connectivity index (χ3n) is 3.32. The number of halogens is 1. The number of nitrogens with zero attached hydrogens (tertiary/aromatic N) is 1. The van der Waals surface area contributed by atoms with Crippen LogP contribution in [0.2, 0.25) is 0 Å². The first-order valence-electron chi connectivity index (χ1n) is 7.77. The molecule has 122 valence electrons. The number of hydrogen-bond acceptors (Lipinski definition) is 3. The van der Waals surface area contributed by atoms with Crippen LogP contribution in [0.4, 0.5) is 10.1 Å². The van der Waals surface area contributed by atoms with Crippen molar-refractivity contribution in [3.05, 3.63) is 59.7 Å². The van der Waals surface area contributed by atoms with E-state index >= 15 is 0 Å². The molecule has 0 saturated carbocycles. The van der Waals surface area contributed by atoms with Crippen molar-refractivity contribution in [1.29, 1.82) is 0 Å². The van der Waals surface area contributed by atoms with E-state index in [-0.39, 0.29) is 11.7 Å². The Hall–Kier alpha value is -2.43. The number of aromatic nitrogens is 1. The molecule has 0 aliphatic rings. The van der Waals surface area contributed by atoms with Crippen molar-refractivity contribution in [2.24, 2.45) is 5.92 Å². The summed E-state index contributed by atoms with van der Waals surface area (Å²) < 4.78 is 12.8. The van der Waals surface area contributed by atoms with E-state index in [1.807, 2.05) is 6.07 Å². The van der Waals surface area contributed by atoms with Crippen LogP contribution in [0.5, 0.6) is 0 Å². The highest BCUT2D eigenvalue weighted by molar-refractivity contribution is 5.93. The van der Waals surface area contributed by atoms with Crippen molar-refractivity contribution in [2.45, 2.75) is 20.3 Å². The molecule has 4 nitrogen and oxygen atoms in total. The molecule has 0 aliphatic heterocycles. The monoisotopic (exact) mass is 315 g/mol. The first-order chi connectivity index (χ1) is 11.0. The summed E-state index contributed by atoms with van der Waals surface area (Å²) in [7, 11) is 0.